The lowest BCUT2D eigenvalue weighted by molar-refractivity contribution is -0.0413. The molecule has 11 heteroatoms. The molecule has 1 aliphatic rings. The van der Waals surface area contributed by atoms with Gasteiger partial charge in [0.25, 0.3) is 5.56 Å². The summed E-state index contributed by atoms with van der Waals surface area (Å²) in [5.41, 5.74) is 9.61. The SMILES string of the molecule is N[C@@H]1[C@H](O)[C@@H](COP(N)O)O[C@H]1n1ccc(=O)[nH]c1=O. The molecule has 2 heterocycles. The van der Waals surface area contributed by atoms with E-state index in [1.807, 2.05) is 0 Å². The van der Waals surface area contributed by atoms with Crippen molar-refractivity contribution >= 4 is 8.53 Å². The Bertz CT molecular complexity index is 574. The van der Waals surface area contributed by atoms with E-state index >= 15 is 0 Å². The van der Waals surface area contributed by atoms with E-state index in [2.05, 4.69) is 4.98 Å². The summed E-state index contributed by atoms with van der Waals surface area (Å²) in [6.45, 7) is -0.165. The minimum absolute atomic E-state index is 0.165. The first-order valence-corrected chi connectivity index (χ1v) is 6.95. The van der Waals surface area contributed by atoms with Gasteiger partial charge in [-0.1, -0.05) is 0 Å². The van der Waals surface area contributed by atoms with Crippen LogP contribution < -0.4 is 22.5 Å². The Morgan fingerprint density at radius 3 is 2.85 bits per heavy atom. The van der Waals surface area contributed by atoms with Crippen molar-refractivity contribution in [2.45, 2.75) is 24.5 Å². The van der Waals surface area contributed by atoms with Crippen LogP contribution in [0.25, 0.3) is 0 Å². The molecule has 7 N–H and O–H groups in total. The fourth-order valence-corrected chi connectivity index (χ4v) is 2.23. The van der Waals surface area contributed by atoms with Gasteiger partial charge in [0.05, 0.1) is 12.6 Å². The van der Waals surface area contributed by atoms with Crippen LogP contribution in [0.1, 0.15) is 6.23 Å². The van der Waals surface area contributed by atoms with Gasteiger partial charge in [0.15, 0.2) is 6.23 Å². The highest BCUT2D eigenvalue weighted by molar-refractivity contribution is 7.43. The van der Waals surface area contributed by atoms with E-state index in [9.17, 15) is 14.7 Å². The second kappa shape index (κ2) is 6.10. The number of hydrogen-bond donors (Lipinski definition) is 5. The summed E-state index contributed by atoms with van der Waals surface area (Å²) < 4.78 is 11.3. The molecule has 1 aromatic heterocycles. The first-order valence-electron chi connectivity index (χ1n) is 5.67. The summed E-state index contributed by atoms with van der Waals surface area (Å²) in [6.07, 6.45) is -1.67. The third-order valence-corrected chi connectivity index (χ3v) is 3.33. The largest absolute Gasteiger partial charge is 0.389 e. The molecule has 1 fully saturated rings. The number of nitrogens with two attached hydrogens (primary N) is 2. The summed E-state index contributed by atoms with van der Waals surface area (Å²) >= 11 is 0. The molecule has 0 spiro atoms. The molecule has 20 heavy (non-hydrogen) atoms. The highest BCUT2D eigenvalue weighted by atomic mass is 31.2. The van der Waals surface area contributed by atoms with Gasteiger partial charge in [-0.25, -0.2) is 4.79 Å². The minimum Gasteiger partial charge on any atom is -0.389 e. The summed E-state index contributed by atoms with van der Waals surface area (Å²) in [5, 5.41) is 9.92. The van der Waals surface area contributed by atoms with Crippen LogP contribution >= 0.6 is 8.53 Å². The van der Waals surface area contributed by atoms with Gasteiger partial charge in [-0.15, -0.1) is 0 Å². The van der Waals surface area contributed by atoms with Gasteiger partial charge in [-0.2, -0.15) is 0 Å². The standard InChI is InChI=1S/C9H15N4O6P/c10-6-7(15)4(3-18-20(11)17)19-8(6)13-2-1-5(14)12-9(13)16/h1-2,4,6-8,15,17H,3,10-11H2,(H,12,14,16)/t4-,6-,7-,8-,20?/m1/s1. The van der Waals surface area contributed by atoms with Crippen molar-refractivity contribution in [1.82, 2.24) is 9.55 Å². The molecule has 1 aromatic rings. The Balaban J connectivity index is 2.17. The molecule has 0 aliphatic carbocycles. The van der Waals surface area contributed by atoms with Crippen LogP contribution in [0.3, 0.4) is 0 Å². The predicted molar refractivity (Wildman–Crippen MR) is 68.5 cm³/mol. The van der Waals surface area contributed by atoms with Gasteiger partial charge >= 0.3 is 5.69 Å². The molecule has 1 unspecified atom stereocenters. The molecule has 0 aromatic carbocycles. The molecular formula is C9H15N4O6P. The molecule has 0 amide bonds. The van der Waals surface area contributed by atoms with Crippen molar-refractivity contribution in [3.8, 4) is 0 Å². The number of aliphatic hydroxyl groups is 1. The highest BCUT2D eigenvalue weighted by Gasteiger charge is 2.43. The molecule has 112 valence electrons. The maximum Gasteiger partial charge on any atom is 0.330 e. The maximum absolute atomic E-state index is 11.7. The molecule has 1 saturated heterocycles. The summed E-state index contributed by atoms with van der Waals surface area (Å²) in [4.78, 5) is 33.6. The Morgan fingerprint density at radius 2 is 2.25 bits per heavy atom. The normalized spacial score (nSPS) is 31.4. The van der Waals surface area contributed by atoms with Crippen molar-refractivity contribution in [3.63, 3.8) is 0 Å². The zero-order valence-corrected chi connectivity index (χ0v) is 11.1. The zero-order valence-electron chi connectivity index (χ0n) is 10.2. The Hall–Kier alpha value is -1.13. The van der Waals surface area contributed by atoms with Crippen LogP contribution in [0, 0.1) is 0 Å². The maximum atomic E-state index is 11.7. The molecular weight excluding hydrogens is 291 g/mol. The molecule has 0 saturated carbocycles. The number of aromatic nitrogens is 2. The van der Waals surface area contributed by atoms with E-state index in [0.29, 0.717) is 0 Å². The number of hydrogen-bond acceptors (Lipinski definition) is 8. The van der Waals surface area contributed by atoms with Crippen molar-refractivity contribution in [2.24, 2.45) is 11.2 Å². The van der Waals surface area contributed by atoms with Crippen molar-refractivity contribution in [2.75, 3.05) is 6.61 Å². The second-order valence-electron chi connectivity index (χ2n) is 4.25. The van der Waals surface area contributed by atoms with Crippen LogP contribution in [0.4, 0.5) is 0 Å². The number of H-pyrrole nitrogens is 1. The fraction of sp³-hybridized carbons (Fsp3) is 0.556. The number of nitrogens with one attached hydrogen (secondary N) is 1. The fourth-order valence-electron chi connectivity index (χ4n) is 1.93. The quantitative estimate of drug-likeness (QED) is 0.375. The van der Waals surface area contributed by atoms with E-state index in [4.69, 9.17) is 25.4 Å². The van der Waals surface area contributed by atoms with Crippen LogP contribution in [-0.4, -0.2) is 44.4 Å². The molecule has 0 radical (unpaired) electrons. The third kappa shape index (κ3) is 3.13. The van der Waals surface area contributed by atoms with Crippen molar-refractivity contribution < 1.29 is 19.3 Å². The van der Waals surface area contributed by atoms with Crippen molar-refractivity contribution in [1.29, 1.82) is 0 Å². The number of aliphatic hydroxyl groups excluding tert-OH is 1. The lowest BCUT2D eigenvalue weighted by Crippen LogP contribution is -2.43. The molecule has 2 rings (SSSR count). The van der Waals surface area contributed by atoms with Crippen LogP contribution in [0.15, 0.2) is 21.9 Å². The van der Waals surface area contributed by atoms with Gasteiger partial charge in [-0.3, -0.25) is 19.8 Å². The van der Waals surface area contributed by atoms with Crippen LogP contribution in [-0.2, 0) is 9.26 Å². The number of rotatable bonds is 4. The molecule has 10 nitrogen and oxygen atoms in total. The zero-order chi connectivity index (χ0) is 14.9. The monoisotopic (exact) mass is 306 g/mol. The Morgan fingerprint density at radius 1 is 1.55 bits per heavy atom. The van der Waals surface area contributed by atoms with E-state index in [1.54, 1.807) is 0 Å². The molecule has 5 atom stereocenters. The smallest absolute Gasteiger partial charge is 0.330 e. The predicted octanol–water partition coefficient (Wildman–Crippen LogP) is -2.68. The summed E-state index contributed by atoms with van der Waals surface area (Å²) in [7, 11) is -2.08. The highest BCUT2D eigenvalue weighted by Crippen LogP contribution is 2.29. The second-order valence-corrected chi connectivity index (χ2v) is 5.11. The minimum atomic E-state index is -2.08. The van der Waals surface area contributed by atoms with E-state index in [0.717, 1.165) is 10.6 Å². The molecule has 0 bridgehead atoms. The topological polar surface area (TPSA) is 166 Å². The third-order valence-electron chi connectivity index (χ3n) is 2.92. The van der Waals surface area contributed by atoms with Gasteiger partial charge in [-0.05, 0) is 0 Å². The van der Waals surface area contributed by atoms with Gasteiger partial charge in [0, 0.05) is 12.3 Å². The van der Waals surface area contributed by atoms with Gasteiger partial charge in [0.2, 0.25) is 8.53 Å². The van der Waals surface area contributed by atoms with E-state index < -0.39 is 44.3 Å². The van der Waals surface area contributed by atoms with Gasteiger partial charge in [0.1, 0.15) is 12.2 Å². The van der Waals surface area contributed by atoms with E-state index in [-0.39, 0.29) is 6.61 Å². The number of ether oxygens (including phenoxy) is 1. The van der Waals surface area contributed by atoms with Crippen molar-refractivity contribution in [3.05, 3.63) is 33.1 Å². The van der Waals surface area contributed by atoms with Gasteiger partial charge < -0.3 is 25.0 Å². The first kappa shape index (κ1) is 15.3. The summed E-state index contributed by atoms with van der Waals surface area (Å²) in [5.74, 6) is 0. The van der Waals surface area contributed by atoms with Crippen LogP contribution in [0.2, 0.25) is 0 Å². The lowest BCUT2D eigenvalue weighted by atomic mass is 10.1. The average Bonchev–Trinajstić information content (AvgIpc) is 2.64. The molecule has 1 aliphatic heterocycles. The Kier molecular flexibility index (Phi) is 4.66. The number of aromatic amines is 1. The van der Waals surface area contributed by atoms with Crippen LogP contribution in [0.5, 0.6) is 0 Å². The van der Waals surface area contributed by atoms with E-state index in [1.165, 1.54) is 6.20 Å². The Labute approximate surface area is 113 Å². The number of nitrogens with zero attached hydrogens (tertiary/aromatic N) is 1. The average molecular weight is 306 g/mol. The lowest BCUT2D eigenvalue weighted by Gasteiger charge is -2.17. The summed E-state index contributed by atoms with van der Waals surface area (Å²) in [6, 6.07) is 0.246. The first-order chi connectivity index (χ1) is 9.40.